The molecule has 0 bridgehead atoms. The molecule has 3 aromatic carbocycles. The molecule has 0 radical (unpaired) electrons. The van der Waals surface area contributed by atoms with Crippen molar-refractivity contribution in [1.29, 1.82) is 0 Å². The molecule has 4 aliphatic rings. The normalized spacial score (nSPS) is 21.3. The summed E-state index contributed by atoms with van der Waals surface area (Å²) in [7, 11) is 0. The minimum atomic E-state index is -1.00. The number of benzene rings is 3. The third-order valence-electron chi connectivity index (χ3n) is 11.1. The second-order valence-electron chi connectivity index (χ2n) is 14.5. The first-order chi connectivity index (χ1) is 27.2. The number of piperidine rings is 1. The Hall–Kier alpha value is -5.60. The first kappa shape index (κ1) is 37.3. The summed E-state index contributed by atoms with van der Waals surface area (Å²) in [6.45, 7) is 1.12. The summed E-state index contributed by atoms with van der Waals surface area (Å²) in [4.78, 5) is 72.0. The number of hydrogen-bond acceptors (Lipinski definition) is 10. The van der Waals surface area contributed by atoms with Crippen molar-refractivity contribution in [2.75, 3.05) is 36.1 Å². The summed E-state index contributed by atoms with van der Waals surface area (Å²) in [5.41, 5.74) is 4.55. The number of likely N-dealkylation sites (tertiary alicyclic amines) is 1. The number of nitrogens with one attached hydrogen (secondary N) is 3. The monoisotopic (exact) mass is 776 g/mol. The van der Waals surface area contributed by atoms with Gasteiger partial charge in [0.05, 0.1) is 29.8 Å². The van der Waals surface area contributed by atoms with E-state index in [1.165, 1.54) is 17.8 Å². The number of rotatable bonds is 12. The average Bonchev–Trinajstić information content (AvgIpc) is 3.77. The SMILES string of the molecule is O=C1CCC(N2C(=O)c3cccc(SCCCCCNc4ccc(F)c(-c5ccc6c(c5)[C@H]5[C@H](CCN5C(=O)c5ccccn5)[C@@H](CO)N6)c4)c3C2=O)C(=O)N1. The van der Waals surface area contributed by atoms with Crippen LogP contribution in [0.2, 0.25) is 0 Å². The van der Waals surface area contributed by atoms with Gasteiger partial charge in [0.15, 0.2) is 0 Å². The summed E-state index contributed by atoms with van der Waals surface area (Å²) < 4.78 is 15.4. The van der Waals surface area contributed by atoms with Gasteiger partial charge in [0.1, 0.15) is 17.6 Å². The molecule has 0 spiro atoms. The van der Waals surface area contributed by atoms with Crippen molar-refractivity contribution < 1.29 is 33.5 Å². The average molecular weight is 777 g/mol. The summed E-state index contributed by atoms with van der Waals surface area (Å²) >= 11 is 1.50. The quantitative estimate of drug-likeness (QED) is 0.0804. The molecule has 0 aliphatic carbocycles. The molecule has 12 nitrogen and oxygen atoms in total. The number of aliphatic hydroxyl groups excluding tert-OH is 1. The Labute approximate surface area is 327 Å². The lowest BCUT2D eigenvalue weighted by molar-refractivity contribution is -0.136. The predicted molar refractivity (Wildman–Crippen MR) is 209 cm³/mol. The molecule has 1 aromatic heterocycles. The number of hydrogen-bond donors (Lipinski definition) is 4. The zero-order valence-corrected chi connectivity index (χ0v) is 31.3. The maximum absolute atomic E-state index is 15.4. The van der Waals surface area contributed by atoms with Gasteiger partial charge in [0.2, 0.25) is 11.8 Å². The van der Waals surface area contributed by atoms with Gasteiger partial charge in [-0.3, -0.25) is 39.2 Å². The fraction of sp³-hybridized carbons (Fsp3) is 0.333. The van der Waals surface area contributed by atoms with E-state index in [1.54, 1.807) is 48.7 Å². The Kier molecular flexibility index (Phi) is 10.6. The molecule has 1 unspecified atom stereocenters. The van der Waals surface area contributed by atoms with E-state index in [4.69, 9.17) is 0 Å². The minimum absolute atomic E-state index is 0.0118. The maximum Gasteiger partial charge on any atom is 0.272 e. The second-order valence-corrected chi connectivity index (χ2v) is 15.6. The highest BCUT2D eigenvalue weighted by molar-refractivity contribution is 7.99. The Bertz CT molecular complexity index is 2220. The smallest absolute Gasteiger partial charge is 0.272 e. The van der Waals surface area contributed by atoms with Crippen LogP contribution in [-0.4, -0.2) is 87.0 Å². The van der Waals surface area contributed by atoms with Crippen LogP contribution in [0, 0.1) is 11.7 Å². The predicted octanol–water partition coefficient (Wildman–Crippen LogP) is 5.65. The number of nitrogens with zero attached hydrogens (tertiary/aromatic N) is 3. The zero-order valence-electron chi connectivity index (χ0n) is 30.5. The molecule has 5 heterocycles. The summed E-state index contributed by atoms with van der Waals surface area (Å²) in [5, 5.41) is 19.3. The van der Waals surface area contributed by atoms with Crippen LogP contribution in [0.25, 0.3) is 11.1 Å². The van der Waals surface area contributed by atoms with Crippen molar-refractivity contribution in [3.8, 4) is 11.1 Å². The van der Waals surface area contributed by atoms with Crippen molar-refractivity contribution >= 4 is 52.7 Å². The summed E-state index contributed by atoms with van der Waals surface area (Å²) in [5.74, 6) is -1.88. The fourth-order valence-corrected chi connectivity index (χ4v) is 9.46. The van der Waals surface area contributed by atoms with Crippen molar-refractivity contribution in [2.24, 2.45) is 5.92 Å². The Morgan fingerprint density at radius 2 is 1.82 bits per heavy atom. The number of pyridine rings is 1. The highest BCUT2D eigenvalue weighted by atomic mass is 32.2. The van der Waals surface area contributed by atoms with Crippen LogP contribution in [0.4, 0.5) is 15.8 Å². The van der Waals surface area contributed by atoms with Gasteiger partial charge in [-0.2, -0.15) is 0 Å². The number of fused-ring (bicyclic) bond motifs is 4. The van der Waals surface area contributed by atoms with Gasteiger partial charge in [-0.1, -0.05) is 24.6 Å². The number of unbranched alkanes of at least 4 members (excludes halogenated alkanes) is 2. The topological polar surface area (TPSA) is 161 Å². The number of imide groups is 2. The third-order valence-corrected chi connectivity index (χ3v) is 12.3. The number of amides is 5. The standard InChI is InChI=1S/C42H41FN6O6S/c43-30-12-11-25(44-17-3-1-5-20-56-35-9-6-7-27-37(35)42(55)49(40(27)53)34-14-15-36(51)47-39(34)52)22-28(30)24-10-13-31-29(21-24)38-26(33(23-50)46-31)16-19-48(38)41(54)32-8-2-4-18-45-32/h2,4,6-13,18,21-22,26,33-34,38,44,46,50H,1,3,5,14-17,19-20,23H2,(H,47,51,52)/t26-,33-,34?,38-/m1/s1. The van der Waals surface area contributed by atoms with E-state index < -0.39 is 29.7 Å². The van der Waals surface area contributed by atoms with Gasteiger partial charge in [-0.25, -0.2) is 4.39 Å². The number of anilines is 2. The van der Waals surface area contributed by atoms with Gasteiger partial charge in [0.25, 0.3) is 17.7 Å². The van der Waals surface area contributed by atoms with Crippen LogP contribution in [-0.2, 0) is 9.59 Å². The lowest BCUT2D eigenvalue weighted by Crippen LogP contribution is -2.54. The maximum atomic E-state index is 15.4. The molecule has 14 heteroatoms. The van der Waals surface area contributed by atoms with Gasteiger partial charge < -0.3 is 20.6 Å². The second kappa shape index (κ2) is 15.9. The Balaban J connectivity index is 0.878. The van der Waals surface area contributed by atoms with Crippen LogP contribution < -0.4 is 16.0 Å². The number of carbonyl (C=O) groups is 5. The first-order valence-electron chi connectivity index (χ1n) is 19.0. The van der Waals surface area contributed by atoms with E-state index in [-0.39, 0.29) is 54.7 Å². The Morgan fingerprint density at radius 3 is 2.62 bits per heavy atom. The van der Waals surface area contributed by atoms with Crippen LogP contribution in [0.3, 0.4) is 0 Å². The van der Waals surface area contributed by atoms with E-state index >= 15 is 4.39 Å². The van der Waals surface area contributed by atoms with E-state index in [0.717, 1.165) is 53.3 Å². The van der Waals surface area contributed by atoms with Crippen molar-refractivity contribution in [3.05, 3.63) is 107 Å². The molecule has 0 saturated carbocycles. The lowest BCUT2D eigenvalue weighted by Gasteiger charge is -2.39. The largest absolute Gasteiger partial charge is 0.394 e. The molecular formula is C42H41FN6O6S. The van der Waals surface area contributed by atoms with Gasteiger partial charge in [-0.15, -0.1) is 11.8 Å². The highest BCUT2D eigenvalue weighted by Gasteiger charge is 2.47. The van der Waals surface area contributed by atoms with E-state index in [0.29, 0.717) is 40.4 Å². The Morgan fingerprint density at radius 1 is 0.946 bits per heavy atom. The van der Waals surface area contributed by atoms with E-state index in [1.807, 2.05) is 29.2 Å². The van der Waals surface area contributed by atoms with Crippen molar-refractivity contribution in [1.82, 2.24) is 20.1 Å². The summed E-state index contributed by atoms with van der Waals surface area (Å²) in [6.07, 6.45) is 5.09. The molecule has 2 fully saturated rings. The number of carbonyl (C=O) groups excluding carboxylic acids is 5. The molecule has 288 valence electrons. The van der Waals surface area contributed by atoms with Gasteiger partial charge >= 0.3 is 0 Å². The number of halogens is 1. The minimum Gasteiger partial charge on any atom is -0.394 e. The fourth-order valence-electron chi connectivity index (χ4n) is 8.37. The molecule has 4 aliphatic heterocycles. The van der Waals surface area contributed by atoms with E-state index in [9.17, 15) is 29.1 Å². The highest BCUT2D eigenvalue weighted by Crippen LogP contribution is 2.48. The molecule has 2 saturated heterocycles. The van der Waals surface area contributed by atoms with E-state index in [2.05, 4.69) is 20.9 Å². The number of aromatic nitrogens is 1. The molecule has 56 heavy (non-hydrogen) atoms. The molecule has 4 N–H and O–H groups in total. The molecular weight excluding hydrogens is 736 g/mol. The number of aliphatic hydroxyl groups is 1. The lowest BCUT2D eigenvalue weighted by atomic mass is 9.82. The number of thioether (sulfide) groups is 1. The first-order valence-corrected chi connectivity index (χ1v) is 20.0. The molecule has 4 aromatic rings. The molecule has 5 amide bonds. The summed E-state index contributed by atoms with van der Waals surface area (Å²) in [6, 6.07) is 19.6. The van der Waals surface area contributed by atoms with Crippen LogP contribution in [0.1, 0.15) is 81.3 Å². The third kappa shape index (κ3) is 7.03. The van der Waals surface area contributed by atoms with Crippen molar-refractivity contribution in [3.63, 3.8) is 0 Å². The molecule has 8 rings (SSSR count). The van der Waals surface area contributed by atoms with Crippen LogP contribution in [0.5, 0.6) is 0 Å². The molecule has 4 atom stereocenters. The zero-order chi connectivity index (χ0) is 38.9. The van der Waals surface area contributed by atoms with Gasteiger partial charge in [-0.05, 0) is 97.2 Å². The van der Waals surface area contributed by atoms with Crippen LogP contribution >= 0.6 is 11.8 Å². The van der Waals surface area contributed by atoms with Gasteiger partial charge in [0, 0.05) is 53.5 Å². The van der Waals surface area contributed by atoms with Crippen LogP contribution in [0.15, 0.2) is 83.9 Å². The van der Waals surface area contributed by atoms with Crippen molar-refractivity contribution in [2.45, 2.75) is 61.5 Å².